The van der Waals surface area contributed by atoms with E-state index in [1.165, 1.54) is 20.9 Å². The average molecular weight is 137 g/mol. The van der Waals surface area contributed by atoms with Gasteiger partial charge in [-0.1, -0.05) is 13.8 Å². The molecule has 0 aliphatic rings. The third-order valence-electron chi connectivity index (χ3n) is 1.26. The van der Waals surface area contributed by atoms with Crippen molar-refractivity contribution in [1.29, 1.82) is 0 Å². The minimum Gasteiger partial charge on any atom is -0.314 e. The van der Waals surface area contributed by atoms with Crippen LogP contribution in [0.1, 0.15) is 13.8 Å². The fourth-order valence-corrected chi connectivity index (χ4v) is 0.440. The van der Waals surface area contributed by atoms with Crippen molar-refractivity contribution >= 4 is 0 Å². The molecule has 0 aromatic carbocycles. The van der Waals surface area contributed by atoms with E-state index in [0.717, 1.165) is 0 Å². The fourth-order valence-electron chi connectivity index (χ4n) is 0.440. The first-order valence-corrected chi connectivity index (χ1v) is 3.03. The Morgan fingerprint density at radius 1 is 1.44 bits per heavy atom. The summed E-state index contributed by atoms with van der Waals surface area (Å²) in [5, 5.41) is 2.44. The zero-order valence-electron chi connectivity index (χ0n) is 6.04. The molecular weight excluding hydrogens is 124 g/mol. The van der Waals surface area contributed by atoms with Crippen LogP contribution in [-0.4, -0.2) is 19.5 Å². The summed E-state index contributed by atoms with van der Waals surface area (Å²) < 4.78 is 25.0. The summed E-state index contributed by atoms with van der Waals surface area (Å²) in [7, 11) is 1.52. The molecule has 56 valence electrons. The summed E-state index contributed by atoms with van der Waals surface area (Å²) in [5.74, 6) is -3.14. The van der Waals surface area contributed by atoms with Crippen LogP contribution in [-0.2, 0) is 0 Å². The molecule has 0 bridgehead atoms. The monoisotopic (exact) mass is 137 g/mol. The molecule has 0 aromatic heterocycles. The lowest BCUT2D eigenvalue weighted by molar-refractivity contribution is -0.0410. The quantitative estimate of drug-likeness (QED) is 0.621. The van der Waals surface area contributed by atoms with Crippen LogP contribution >= 0.6 is 0 Å². The van der Waals surface area contributed by atoms with Gasteiger partial charge < -0.3 is 5.32 Å². The molecule has 0 radical (unpaired) electrons. The lowest BCUT2D eigenvalue weighted by atomic mass is 10.1. The molecule has 0 spiro atoms. The second-order valence-corrected chi connectivity index (χ2v) is 2.45. The minimum absolute atomic E-state index is 0.231. The summed E-state index contributed by atoms with van der Waals surface area (Å²) in [4.78, 5) is 0. The van der Waals surface area contributed by atoms with Gasteiger partial charge in [-0.15, -0.1) is 0 Å². The van der Waals surface area contributed by atoms with Gasteiger partial charge in [0.25, 0.3) is 5.92 Å². The molecule has 1 N–H and O–H groups in total. The predicted molar refractivity (Wildman–Crippen MR) is 33.7 cm³/mol. The Kier molecular flexibility index (Phi) is 3.04. The zero-order chi connectivity index (χ0) is 7.49. The van der Waals surface area contributed by atoms with Gasteiger partial charge in [-0.3, -0.25) is 0 Å². The highest BCUT2D eigenvalue weighted by molar-refractivity contribution is 4.71. The van der Waals surface area contributed by atoms with Gasteiger partial charge >= 0.3 is 0 Å². The summed E-state index contributed by atoms with van der Waals surface area (Å²) in [6.07, 6.45) is 0. The summed E-state index contributed by atoms with van der Waals surface area (Å²) in [6, 6.07) is 0. The van der Waals surface area contributed by atoms with Crippen molar-refractivity contribution in [2.75, 3.05) is 13.6 Å². The van der Waals surface area contributed by atoms with Gasteiger partial charge in [0.05, 0.1) is 6.54 Å². The zero-order valence-corrected chi connectivity index (χ0v) is 6.04. The number of rotatable bonds is 3. The van der Waals surface area contributed by atoms with Gasteiger partial charge in [-0.25, -0.2) is 8.78 Å². The molecule has 0 unspecified atom stereocenters. The van der Waals surface area contributed by atoms with Crippen molar-refractivity contribution < 1.29 is 8.78 Å². The van der Waals surface area contributed by atoms with E-state index in [1.807, 2.05) is 0 Å². The Balaban J connectivity index is 3.70. The first kappa shape index (κ1) is 8.82. The van der Waals surface area contributed by atoms with Crippen LogP contribution in [0.4, 0.5) is 8.78 Å². The maximum atomic E-state index is 12.5. The van der Waals surface area contributed by atoms with Gasteiger partial charge in [0.2, 0.25) is 0 Å². The Morgan fingerprint density at radius 2 is 1.89 bits per heavy atom. The molecule has 3 heteroatoms. The molecule has 1 nitrogen and oxygen atoms in total. The summed E-state index contributed by atoms with van der Waals surface area (Å²) >= 11 is 0. The second kappa shape index (κ2) is 3.11. The highest BCUT2D eigenvalue weighted by Gasteiger charge is 2.31. The molecule has 0 saturated heterocycles. The maximum Gasteiger partial charge on any atom is 0.262 e. The van der Waals surface area contributed by atoms with E-state index in [9.17, 15) is 8.78 Å². The van der Waals surface area contributed by atoms with Crippen molar-refractivity contribution in [1.82, 2.24) is 5.32 Å². The molecule has 9 heavy (non-hydrogen) atoms. The van der Waals surface area contributed by atoms with E-state index in [0.29, 0.717) is 0 Å². The fraction of sp³-hybridized carbons (Fsp3) is 1.00. The molecule has 0 rings (SSSR count). The third kappa shape index (κ3) is 2.75. The van der Waals surface area contributed by atoms with Gasteiger partial charge in [0, 0.05) is 5.92 Å². The van der Waals surface area contributed by atoms with Crippen molar-refractivity contribution in [2.24, 2.45) is 5.92 Å². The molecule has 0 fully saturated rings. The van der Waals surface area contributed by atoms with Gasteiger partial charge in [-0.05, 0) is 7.05 Å². The highest BCUT2D eigenvalue weighted by atomic mass is 19.3. The molecule has 0 aliphatic heterocycles. The molecule has 0 aromatic rings. The number of nitrogens with one attached hydrogen (secondary N) is 1. The molecule has 0 atom stereocenters. The number of hydrogen-bond donors (Lipinski definition) is 1. The molecule has 0 amide bonds. The van der Waals surface area contributed by atoms with E-state index in [-0.39, 0.29) is 6.54 Å². The number of hydrogen-bond acceptors (Lipinski definition) is 1. The van der Waals surface area contributed by atoms with Crippen LogP contribution in [0, 0.1) is 5.92 Å². The van der Waals surface area contributed by atoms with E-state index >= 15 is 0 Å². The SMILES string of the molecule is CNCC(F)(F)C(C)C. The molecular formula is C6H13F2N. The van der Waals surface area contributed by atoms with Crippen LogP contribution < -0.4 is 5.32 Å². The number of halogens is 2. The van der Waals surface area contributed by atoms with Crippen molar-refractivity contribution in [3.05, 3.63) is 0 Å². The summed E-state index contributed by atoms with van der Waals surface area (Å²) in [6.45, 7) is 2.79. The molecule has 0 heterocycles. The highest BCUT2D eigenvalue weighted by Crippen LogP contribution is 2.22. The largest absolute Gasteiger partial charge is 0.314 e. The Bertz CT molecular complexity index is 81.1. The Morgan fingerprint density at radius 3 is 2.00 bits per heavy atom. The van der Waals surface area contributed by atoms with E-state index in [2.05, 4.69) is 5.32 Å². The van der Waals surface area contributed by atoms with Crippen LogP contribution in [0.5, 0.6) is 0 Å². The lowest BCUT2D eigenvalue weighted by Gasteiger charge is -2.19. The third-order valence-corrected chi connectivity index (χ3v) is 1.26. The topological polar surface area (TPSA) is 12.0 Å². The average Bonchev–Trinajstić information content (AvgIpc) is 1.65. The van der Waals surface area contributed by atoms with E-state index in [1.54, 1.807) is 0 Å². The first-order chi connectivity index (χ1) is 4.00. The normalized spacial score (nSPS) is 12.7. The van der Waals surface area contributed by atoms with Crippen molar-refractivity contribution in [3.8, 4) is 0 Å². The van der Waals surface area contributed by atoms with E-state index < -0.39 is 11.8 Å². The molecule has 0 saturated carbocycles. The maximum absolute atomic E-state index is 12.5. The van der Waals surface area contributed by atoms with Gasteiger partial charge in [0.1, 0.15) is 0 Å². The predicted octanol–water partition coefficient (Wildman–Crippen LogP) is 1.50. The molecule has 0 aliphatic carbocycles. The van der Waals surface area contributed by atoms with Gasteiger partial charge in [0.15, 0.2) is 0 Å². The number of alkyl halides is 2. The van der Waals surface area contributed by atoms with Crippen LogP contribution in [0.15, 0.2) is 0 Å². The van der Waals surface area contributed by atoms with Crippen molar-refractivity contribution in [2.45, 2.75) is 19.8 Å². The van der Waals surface area contributed by atoms with Crippen LogP contribution in [0.3, 0.4) is 0 Å². The summed E-state index contributed by atoms with van der Waals surface area (Å²) in [5.41, 5.74) is 0. The standard InChI is InChI=1S/C6H13F2N/c1-5(2)6(7,8)4-9-3/h5,9H,4H2,1-3H3. The Labute approximate surface area is 54.4 Å². The Hall–Kier alpha value is -0.180. The van der Waals surface area contributed by atoms with Crippen LogP contribution in [0.2, 0.25) is 0 Å². The van der Waals surface area contributed by atoms with Crippen molar-refractivity contribution in [3.63, 3.8) is 0 Å². The smallest absolute Gasteiger partial charge is 0.262 e. The van der Waals surface area contributed by atoms with E-state index in [4.69, 9.17) is 0 Å². The second-order valence-electron chi connectivity index (χ2n) is 2.45. The first-order valence-electron chi connectivity index (χ1n) is 3.03. The van der Waals surface area contributed by atoms with Gasteiger partial charge in [-0.2, -0.15) is 0 Å². The van der Waals surface area contributed by atoms with Crippen LogP contribution in [0.25, 0.3) is 0 Å². The minimum atomic E-state index is -2.56. The lowest BCUT2D eigenvalue weighted by Crippen LogP contribution is -2.35.